The number of carbonyl (C=O) groups is 12. The number of nitrogens with zero attached hydrogens (tertiary/aromatic N) is 6. The number of hydrogen-bond acceptors (Lipinski definition) is 22. The summed E-state index contributed by atoms with van der Waals surface area (Å²) in [5.74, 6) is -4.90. The van der Waals surface area contributed by atoms with E-state index in [1.165, 1.54) is 55.0 Å². The number of imidazole rings is 1. The van der Waals surface area contributed by atoms with Crippen LogP contribution in [0.25, 0.3) is 5.73 Å². The Morgan fingerprint density at radius 2 is 0.783 bits per heavy atom. The first-order valence-corrected chi connectivity index (χ1v) is 35.1. The van der Waals surface area contributed by atoms with Crippen molar-refractivity contribution in [2.75, 3.05) is 6.61 Å². The van der Waals surface area contributed by atoms with Crippen molar-refractivity contribution in [1.29, 1.82) is 0 Å². The number of alkyl carbamates (subject to hydrolysis) is 3. The molecular weight excluding hydrogens is 1510 g/mol. The van der Waals surface area contributed by atoms with E-state index in [1.54, 1.807) is 143 Å². The van der Waals surface area contributed by atoms with Gasteiger partial charge in [0.1, 0.15) is 41.3 Å². The number of amides is 9. The molecule has 31 nitrogen and oxygen atoms in total. The fourth-order valence-electron chi connectivity index (χ4n) is 8.79. The number of nitrogens with two attached hydrogens (primary N) is 2. The second-order valence-electron chi connectivity index (χ2n) is 26.8. The first kappa shape index (κ1) is 101. The summed E-state index contributed by atoms with van der Waals surface area (Å²) in [6.07, 6.45) is 15.4. The Balaban J connectivity index is 0.000000698. The quantitative estimate of drug-likeness (QED) is 0.0206. The average molecular weight is 1610 g/mol. The van der Waals surface area contributed by atoms with E-state index in [4.69, 9.17) is 36.5 Å². The average Bonchev–Trinajstić information content (AvgIpc) is 1.85. The van der Waals surface area contributed by atoms with Gasteiger partial charge in [-0.3, -0.25) is 68.7 Å². The number of primary amides is 1. The number of benzene rings is 4. The summed E-state index contributed by atoms with van der Waals surface area (Å²) < 4.78 is 21.3. The summed E-state index contributed by atoms with van der Waals surface area (Å²) in [5, 5.41) is 21.2. The topological polar surface area (TPSA) is 467 Å². The van der Waals surface area contributed by atoms with Crippen LogP contribution in [0.1, 0.15) is 145 Å². The molecule has 4 atom stereocenters. The molecule has 0 bridgehead atoms. The number of nitrogens with one attached hydrogen (secondary N) is 6. The molecule has 0 saturated heterocycles. The van der Waals surface area contributed by atoms with Crippen molar-refractivity contribution in [3.8, 4) is 0 Å². The van der Waals surface area contributed by atoms with Gasteiger partial charge in [-0.05, 0) is 146 Å². The third-order valence-electron chi connectivity index (χ3n) is 13.8. The molecule has 11 N–H and O–H groups in total. The number of hydrogen-bond donors (Lipinski definition) is 8. The van der Waals surface area contributed by atoms with Crippen molar-refractivity contribution < 1.29 is 111 Å². The first-order valence-electron chi connectivity index (χ1n) is 35.1. The van der Waals surface area contributed by atoms with E-state index in [1.807, 2.05) is 121 Å². The molecule has 0 radical (unpaired) electrons. The Morgan fingerprint density at radius 3 is 1.07 bits per heavy atom. The summed E-state index contributed by atoms with van der Waals surface area (Å²) in [4.78, 5) is 157. The molecule has 9 aromatic rings. The number of esters is 1. The predicted octanol–water partition coefficient (Wildman–Crippen LogP) is 7.70. The summed E-state index contributed by atoms with van der Waals surface area (Å²) >= 11 is 0. The molecule has 33 heteroatoms. The van der Waals surface area contributed by atoms with Gasteiger partial charge in [-0.25, -0.2) is 24.2 Å². The smallest absolute Gasteiger partial charge is 0.664 e. The third kappa shape index (κ3) is 45.6. The van der Waals surface area contributed by atoms with Crippen LogP contribution in [-0.4, -0.2) is 154 Å². The van der Waals surface area contributed by atoms with E-state index in [2.05, 4.69) is 56.2 Å². The van der Waals surface area contributed by atoms with Crippen LogP contribution in [0.15, 0.2) is 238 Å². The maximum absolute atomic E-state index is 12.6. The van der Waals surface area contributed by atoms with Crippen LogP contribution < -0.4 is 67.6 Å². The van der Waals surface area contributed by atoms with E-state index in [9.17, 15) is 57.5 Å². The number of carbonyl (C=O) groups excluding carboxylic acids is 11. The molecule has 4 unspecified atom stereocenters. The molecule has 0 saturated carbocycles. The van der Waals surface area contributed by atoms with Crippen LogP contribution in [-0.2, 0) is 63.8 Å². The summed E-state index contributed by atoms with van der Waals surface area (Å²) in [5.41, 5.74) is 20.3. The maximum atomic E-state index is 12.6. The molecule has 0 aliphatic heterocycles. The van der Waals surface area contributed by atoms with E-state index >= 15 is 0 Å². The van der Waals surface area contributed by atoms with Gasteiger partial charge in [0.15, 0.2) is 0 Å². The number of halogens is 1. The zero-order valence-electron chi connectivity index (χ0n) is 66.1. The SMILES string of the molecule is CC(C)(C)OC(=O)NC(Cc1ccccc1)C(=O)NC(=O)c1cccnc1.CC(C)(C)OC(=O)NC(Cc1ccccc1)C(=O)O.CC(C)(C)OC(=O)NC(Cc1ccccc1)C(=O)n1ccnc1.CCOC(C)=O.Cl.NC(=O)c1cccnc1.NC(Cc1ccccc1)C(=O)NC(=O)c1cccnc1.[NH-]C(=O)c1cccnc1.[Na+]. The molecule has 0 aliphatic carbocycles. The van der Waals surface area contributed by atoms with E-state index < -0.39 is 101 Å². The zero-order chi connectivity index (χ0) is 83.9. The number of rotatable bonds is 20. The van der Waals surface area contributed by atoms with Gasteiger partial charge in [-0.1, -0.05) is 121 Å². The van der Waals surface area contributed by atoms with Crippen LogP contribution in [0.4, 0.5) is 14.4 Å². The molecule has 9 rings (SSSR count). The van der Waals surface area contributed by atoms with Crippen molar-refractivity contribution in [2.24, 2.45) is 11.5 Å². The van der Waals surface area contributed by atoms with Crippen molar-refractivity contribution >= 4 is 84.0 Å². The molecule has 0 spiro atoms. The Labute approximate surface area is 696 Å². The van der Waals surface area contributed by atoms with Crippen molar-refractivity contribution in [2.45, 2.75) is 143 Å². The normalized spacial score (nSPS) is 11.2. The van der Waals surface area contributed by atoms with Gasteiger partial charge in [0.05, 0.1) is 35.2 Å². The number of aliphatic carboxylic acids is 1. The van der Waals surface area contributed by atoms with Gasteiger partial charge in [0.2, 0.25) is 17.7 Å². The van der Waals surface area contributed by atoms with E-state index in [0.717, 1.165) is 22.3 Å². The number of aromatic nitrogens is 6. The van der Waals surface area contributed by atoms with E-state index in [-0.39, 0.29) is 72.2 Å². The van der Waals surface area contributed by atoms with Crippen LogP contribution in [0.3, 0.4) is 0 Å². The van der Waals surface area contributed by atoms with Crippen LogP contribution in [0.5, 0.6) is 0 Å². The second kappa shape index (κ2) is 53.5. The summed E-state index contributed by atoms with van der Waals surface area (Å²) in [7, 11) is 0. The number of pyridine rings is 4. The minimum absolute atomic E-state index is 0. The number of imide groups is 2. The van der Waals surface area contributed by atoms with Gasteiger partial charge in [-0.2, -0.15) is 0 Å². The van der Waals surface area contributed by atoms with Crippen molar-refractivity contribution in [3.05, 3.63) is 288 Å². The minimum atomic E-state index is -1.09. The summed E-state index contributed by atoms with van der Waals surface area (Å²) in [6, 6.07) is 46.6. The van der Waals surface area contributed by atoms with Gasteiger partial charge in [-0.15, -0.1) is 12.4 Å². The van der Waals surface area contributed by atoms with Gasteiger partial charge in [0.25, 0.3) is 17.7 Å². The fraction of sp³-hybridized carbons (Fsp3) is 0.280. The molecule has 5 aromatic heterocycles. The van der Waals surface area contributed by atoms with Crippen LogP contribution in [0, 0.1) is 0 Å². The number of carboxylic acid groups (broad SMARTS) is 1. The molecule has 0 aliphatic rings. The fourth-order valence-corrected chi connectivity index (χ4v) is 8.79. The molecule has 0 fully saturated rings. The molecule has 9 amide bonds. The Bertz CT molecular complexity index is 4360. The van der Waals surface area contributed by atoms with Crippen molar-refractivity contribution in [1.82, 2.24) is 56.1 Å². The van der Waals surface area contributed by atoms with Crippen molar-refractivity contribution in [3.63, 3.8) is 0 Å². The first-order chi connectivity index (χ1) is 53.4. The zero-order valence-corrected chi connectivity index (χ0v) is 68.9. The Morgan fingerprint density at radius 1 is 0.452 bits per heavy atom. The summed E-state index contributed by atoms with van der Waals surface area (Å²) in [6.45, 7) is 19.3. The van der Waals surface area contributed by atoms with Crippen LogP contribution in [0.2, 0.25) is 0 Å². The molecule has 5 heterocycles. The third-order valence-corrected chi connectivity index (χ3v) is 13.8. The molecule has 4 aromatic carbocycles. The standard InChI is InChI=1S/C20H23N3O4.C17H21N3O3.C15H15N3O2.C14H19NO4.2C6H6N2O.C4H8O2.ClH.Na/c1-20(2,3)27-19(26)22-16(12-14-8-5-4-6-9-14)18(25)23-17(24)15-10-7-11-21-13-15;1-17(2,3)23-16(22)19-14(11-13-7-5-4-6-8-13)15(21)20-10-9-18-12-20;16-13(9-11-5-2-1-3-6-11)15(20)18-14(19)12-7-4-8-17-10-12;1-14(2,3)19-13(18)15-11(12(16)17)9-10-7-5-4-6-8-10;2*7-6(9)5-2-1-3-8-4-5;1-3-6-4(2)5;;/h4-11,13,16H,12H2,1-3H3,(H,22,26)(H,23,24,25);4-10,12,14H,11H2,1-3H3,(H,19,22);1-8,10,13H,9,16H2,(H,18,19,20);4-8,11H,9H2,1-3H3,(H,15,18)(H,16,17);2*1-4H,(H2,7,9);3H2,1-2H3;1H;/q;;;;;;;;+1/p-1. The minimum Gasteiger partial charge on any atom is -0.664 e. The maximum Gasteiger partial charge on any atom is 1.00 e. The second-order valence-corrected chi connectivity index (χ2v) is 26.8. The molecule has 606 valence electrons. The number of ether oxygens (including phenoxy) is 4. The van der Waals surface area contributed by atoms with Gasteiger partial charge >= 0.3 is 59.8 Å². The monoisotopic (exact) mass is 1610 g/mol. The van der Waals surface area contributed by atoms with Gasteiger partial charge in [0, 0.05) is 93.7 Å². The van der Waals surface area contributed by atoms with Crippen LogP contribution >= 0.6 is 12.4 Å². The Hall–Kier alpha value is -12.4. The Kier molecular flexibility index (Phi) is 46.8. The number of carboxylic acids is 1. The van der Waals surface area contributed by atoms with Gasteiger partial charge < -0.3 is 62.0 Å². The van der Waals surface area contributed by atoms with E-state index in [0.29, 0.717) is 36.1 Å². The molecule has 115 heavy (non-hydrogen) atoms. The molecular formula is C82H98ClN14NaO17. The predicted molar refractivity (Wildman–Crippen MR) is 427 cm³/mol. The largest absolute Gasteiger partial charge is 1.00 e.